The molecule has 33 heavy (non-hydrogen) atoms. The monoisotopic (exact) mass is 444 g/mol. The van der Waals surface area contributed by atoms with Crippen LogP contribution in [0.25, 0.3) is 22.6 Å². The van der Waals surface area contributed by atoms with Crippen molar-refractivity contribution in [1.82, 2.24) is 35.2 Å². The number of benzene rings is 1. The van der Waals surface area contributed by atoms with Gasteiger partial charge in [-0.05, 0) is 36.8 Å². The Morgan fingerprint density at radius 1 is 1.15 bits per heavy atom. The van der Waals surface area contributed by atoms with E-state index in [9.17, 15) is 4.79 Å². The van der Waals surface area contributed by atoms with E-state index in [1.807, 2.05) is 0 Å². The smallest absolute Gasteiger partial charge is 0.261 e. The molecule has 10 heteroatoms. The molecule has 10 nitrogen and oxygen atoms in total. The summed E-state index contributed by atoms with van der Waals surface area (Å²) < 4.78 is 7.14. The molecule has 1 aliphatic carbocycles. The highest BCUT2D eigenvalue weighted by Crippen LogP contribution is 2.50. The van der Waals surface area contributed by atoms with Crippen LogP contribution < -0.4 is 11.1 Å². The average Bonchev–Trinajstić information content (AvgIpc) is 3.40. The summed E-state index contributed by atoms with van der Waals surface area (Å²) in [6.45, 7) is 2.29. The van der Waals surface area contributed by atoms with Crippen molar-refractivity contribution >= 4 is 11.9 Å². The maximum absolute atomic E-state index is 11.6. The van der Waals surface area contributed by atoms with E-state index < -0.39 is 0 Å². The first-order valence-electron chi connectivity index (χ1n) is 10.7. The van der Waals surface area contributed by atoms with Gasteiger partial charge in [0, 0.05) is 31.2 Å². The van der Waals surface area contributed by atoms with Crippen LogP contribution in [0.15, 0.2) is 53.6 Å². The van der Waals surface area contributed by atoms with Crippen molar-refractivity contribution in [2.45, 2.75) is 31.7 Å². The van der Waals surface area contributed by atoms with Crippen LogP contribution in [0, 0.1) is 5.92 Å². The fraction of sp³-hybridized carbons (Fsp3) is 0.304. The summed E-state index contributed by atoms with van der Waals surface area (Å²) in [7, 11) is 1.59. The van der Waals surface area contributed by atoms with Crippen molar-refractivity contribution in [3.05, 3.63) is 60.4 Å². The number of nitrogens with zero attached hydrogens (tertiary/aromatic N) is 6. The van der Waals surface area contributed by atoms with Gasteiger partial charge in [0.1, 0.15) is 6.54 Å². The fourth-order valence-corrected chi connectivity index (χ4v) is 4.04. The first-order chi connectivity index (χ1) is 16.0. The van der Waals surface area contributed by atoms with E-state index in [1.165, 1.54) is 4.68 Å². The molecule has 0 aliphatic heterocycles. The van der Waals surface area contributed by atoms with Gasteiger partial charge in [-0.15, -0.1) is 0 Å². The van der Waals surface area contributed by atoms with Crippen LogP contribution in [0.1, 0.15) is 31.2 Å². The quantitative estimate of drug-likeness (QED) is 0.443. The molecule has 0 bridgehead atoms. The topological polar surface area (TPSA) is 138 Å². The van der Waals surface area contributed by atoms with Crippen LogP contribution in [0.5, 0.6) is 0 Å². The minimum absolute atomic E-state index is 0.128. The van der Waals surface area contributed by atoms with Crippen LogP contribution in [-0.4, -0.2) is 42.8 Å². The van der Waals surface area contributed by atoms with Gasteiger partial charge in [0.05, 0.1) is 17.2 Å². The lowest BCUT2D eigenvalue weighted by atomic mass is 9.77. The van der Waals surface area contributed by atoms with Crippen molar-refractivity contribution < 1.29 is 9.32 Å². The van der Waals surface area contributed by atoms with Crippen LogP contribution >= 0.6 is 0 Å². The molecule has 3 heterocycles. The number of nitrogen functional groups attached to an aromatic ring is 1. The Morgan fingerprint density at radius 3 is 2.55 bits per heavy atom. The molecule has 4 aromatic rings. The second-order valence-electron chi connectivity index (χ2n) is 8.41. The average molecular weight is 444 g/mol. The number of likely N-dealkylation sites (N-methyl/N-ethyl adjacent to an activating group) is 1. The Hall–Kier alpha value is -4.08. The van der Waals surface area contributed by atoms with E-state index >= 15 is 0 Å². The third-order valence-electron chi connectivity index (χ3n) is 6.24. The Kier molecular flexibility index (Phi) is 5.12. The van der Waals surface area contributed by atoms with Crippen LogP contribution in [-0.2, 0) is 16.8 Å². The number of hydrogen-bond acceptors (Lipinski definition) is 8. The first kappa shape index (κ1) is 20.8. The number of anilines is 1. The highest BCUT2D eigenvalue weighted by molar-refractivity contribution is 5.75. The van der Waals surface area contributed by atoms with Gasteiger partial charge < -0.3 is 15.6 Å². The van der Waals surface area contributed by atoms with Crippen LogP contribution in [0.2, 0.25) is 0 Å². The third kappa shape index (κ3) is 3.95. The minimum atomic E-state index is -0.379. The third-order valence-corrected chi connectivity index (χ3v) is 6.24. The number of hydrogen-bond donors (Lipinski definition) is 2. The van der Waals surface area contributed by atoms with Gasteiger partial charge in [0.15, 0.2) is 5.82 Å². The molecule has 3 aromatic heterocycles. The minimum Gasteiger partial charge on any atom is -0.368 e. The van der Waals surface area contributed by atoms with E-state index in [1.54, 1.807) is 31.8 Å². The summed E-state index contributed by atoms with van der Waals surface area (Å²) in [4.78, 5) is 24.5. The Morgan fingerprint density at radius 2 is 1.88 bits per heavy atom. The summed E-state index contributed by atoms with van der Waals surface area (Å²) in [6.07, 6.45) is 9.00. The summed E-state index contributed by atoms with van der Waals surface area (Å²) in [5, 5.41) is 11.1. The maximum Gasteiger partial charge on any atom is 0.261 e. The number of nitrogens with two attached hydrogens (primary N) is 1. The Bertz CT molecular complexity index is 1270. The standard InChI is InChI=1S/C23H24N8O2/c1-23(18-7-8-18,17-5-3-14(4-6-17)15-9-26-22(24)27-10-15)21-29-20(33-30-21)16-11-28-31(12-16)13-19(32)25-2/h3-6,9-12,18H,7-8,13H2,1-2H3,(H,25,32)(H2,24,26,27)/t23-/m1/s1. The Balaban J connectivity index is 1.43. The molecule has 5 rings (SSSR count). The van der Waals surface area contributed by atoms with Gasteiger partial charge in [0.2, 0.25) is 11.9 Å². The Labute approximate surface area is 190 Å². The number of rotatable bonds is 7. The van der Waals surface area contributed by atoms with Crippen molar-refractivity contribution in [2.75, 3.05) is 12.8 Å². The molecule has 3 N–H and O–H groups in total. The number of amides is 1. The van der Waals surface area contributed by atoms with E-state index in [-0.39, 0.29) is 23.8 Å². The summed E-state index contributed by atoms with van der Waals surface area (Å²) in [5.41, 5.74) is 8.92. The van der Waals surface area contributed by atoms with Crippen molar-refractivity contribution in [1.29, 1.82) is 0 Å². The predicted molar refractivity (Wildman–Crippen MR) is 121 cm³/mol. The van der Waals surface area contributed by atoms with Gasteiger partial charge in [0.25, 0.3) is 5.89 Å². The second kappa shape index (κ2) is 8.12. The zero-order valence-electron chi connectivity index (χ0n) is 18.4. The summed E-state index contributed by atoms with van der Waals surface area (Å²) in [5.74, 6) is 1.58. The molecule has 1 fully saturated rings. The van der Waals surface area contributed by atoms with E-state index in [0.29, 0.717) is 23.2 Å². The lowest BCUT2D eigenvalue weighted by molar-refractivity contribution is -0.121. The second-order valence-corrected chi connectivity index (χ2v) is 8.41. The molecule has 0 radical (unpaired) electrons. The maximum atomic E-state index is 11.6. The predicted octanol–water partition coefficient (Wildman–Crippen LogP) is 2.43. The van der Waals surface area contributed by atoms with Crippen LogP contribution in [0.3, 0.4) is 0 Å². The first-order valence-corrected chi connectivity index (χ1v) is 10.7. The fourth-order valence-electron chi connectivity index (χ4n) is 4.04. The van der Waals surface area contributed by atoms with Gasteiger partial charge >= 0.3 is 0 Å². The van der Waals surface area contributed by atoms with Gasteiger partial charge in [-0.3, -0.25) is 9.48 Å². The molecule has 1 amide bonds. The summed E-state index contributed by atoms with van der Waals surface area (Å²) in [6, 6.07) is 8.30. The van der Waals surface area contributed by atoms with Gasteiger partial charge in [-0.2, -0.15) is 10.1 Å². The number of carbonyl (C=O) groups excluding carboxylic acids is 1. The number of aromatic nitrogens is 6. The van der Waals surface area contributed by atoms with E-state index in [0.717, 1.165) is 29.5 Å². The van der Waals surface area contributed by atoms with Crippen molar-refractivity contribution in [3.8, 4) is 22.6 Å². The lowest BCUT2D eigenvalue weighted by Gasteiger charge is -2.27. The molecular formula is C23H24N8O2. The molecular weight excluding hydrogens is 420 g/mol. The normalized spacial score (nSPS) is 15.2. The molecule has 0 saturated heterocycles. The zero-order chi connectivity index (χ0) is 23.0. The van der Waals surface area contributed by atoms with Crippen molar-refractivity contribution in [3.63, 3.8) is 0 Å². The largest absolute Gasteiger partial charge is 0.368 e. The zero-order valence-corrected chi connectivity index (χ0v) is 18.4. The van der Waals surface area contributed by atoms with Gasteiger partial charge in [-0.1, -0.05) is 29.4 Å². The molecule has 0 unspecified atom stereocenters. The highest BCUT2D eigenvalue weighted by atomic mass is 16.5. The highest BCUT2D eigenvalue weighted by Gasteiger charge is 2.47. The SMILES string of the molecule is CNC(=O)Cn1cc(-c2nc([C@](C)(c3ccc(-c4cnc(N)nc4)cc3)C3CC3)no2)cn1. The molecule has 168 valence electrons. The molecule has 1 aromatic carbocycles. The lowest BCUT2D eigenvalue weighted by Crippen LogP contribution is -2.28. The molecule has 1 atom stereocenters. The van der Waals surface area contributed by atoms with E-state index in [2.05, 4.69) is 56.7 Å². The van der Waals surface area contributed by atoms with E-state index in [4.69, 9.17) is 15.2 Å². The van der Waals surface area contributed by atoms with Gasteiger partial charge in [-0.25, -0.2) is 9.97 Å². The number of carbonyl (C=O) groups is 1. The van der Waals surface area contributed by atoms with Crippen LogP contribution in [0.4, 0.5) is 5.95 Å². The number of nitrogens with one attached hydrogen (secondary N) is 1. The van der Waals surface area contributed by atoms with Crippen molar-refractivity contribution in [2.24, 2.45) is 5.92 Å². The molecule has 1 saturated carbocycles. The summed E-state index contributed by atoms with van der Waals surface area (Å²) >= 11 is 0. The molecule has 0 spiro atoms. The molecule has 1 aliphatic rings.